The third-order valence-electron chi connectivity index (χ3n) is 3.34. The molecule has 1 aromatic carbocycles. The molecule has 0 aliphatic heterocycles. The van der Waals surface area contributed by atoms with Crippen LogP contribution in [0.25, 0.3) is 10.2 Å². The first kappa shape index (κ1) is 19.3. The molecule has 2 amide bonds. The van der Waals surface area contributed by atoms with Gasteiger partial charge in [-0.25, -0.2) is 4.98 Å². The van der Waals surface area contributed by atoms with Crippen molar-refractivity contribution in [3.05, 3.63) is 29.3 Å². The van der Waals surface area contributed by atoms with Crippen molar-refractivity contribution >= 4 is 33.4 Å². The van der Waals surface area contributed by atoms with E-state index in [0.29, 0.717) is 13.0 Å². The summed E-state index contributed by atoms with van der Waals surface area (Å²) >= 11 is 1.65. The summed E-state index contributed by atoms with van der Waals surface area (Å²) in [6, 6.07) is 8.01. The molecule has 0 saturated carbocycles. The fourth-order valence-corrected chi connectivity index (χ4v) is 3.36. The molecule has 2 aromatic rings. The molecule has 7 heteroatoms. The molecular weight excluding hydrogens is 336 g/mol. The van der Waals surface area contributed by atoms with Crippen molar-refractivity contribution < 1.29 is 9.59 Å². The summed E-state index contributed by atoms with van der Waals surface area (Å²) in [7, 11) is 1.76. The lowest BCUT2D eigenvalue weighted by molar-refractivity contribution is -0.125. The normalized spacial score (nSPS) is 11.7. The van der Waals surface area contributed by atoms with Crippen LogP contribution < -0.4 is 10.6 Å². The highest BCUT2D eigenvalue weighted by Gasteiger charge is 2.16. The Bertz CT molecular complexity index is 703. The number of hydrogen-bond donors (Lipinski definition) is 2. The van der Waals surface area contributed by atoms with Gasteiger partial charge in [0.25, 0.3) is 0 Å². The van der Waals surface area contributed by atoms with Crippen molar-refractivity contribution in [3.63, 3.8) is 0 Å². The number of para-hydroxylation sites is 1. The van der Waals surface area contributed by atoms with Gasteiger partial charge in [0, 0.05) is 18.5 Å². The number of rotatable bonds is 7. The number of carbonyl (C=O) groups excluding carboxylic acids is 2. The Labute approximate surface area is 152 Å². The minimum Gasteiger partial charge on any atom is -0.355 e. The molecule has 0 aliphatic carbocycles. The van der Waals surface area contributed by atoms with E-state index in [1.807, 2.05) is 45.0 Å². The molecule has 2 rings (SSSR count). The molecule has 0 atom stereocenters. The maximum Gasteiger partial charge on any atom is 0.234 e. The Kier molecular flexibility index (Phi) is 6.50. The molecule has 1 aromatic heterocycles. The van der Waals surface area contributed by atoms with Gasteiger partial charge in [-0.05, 0) is 40.0 Å². The predicted octanol–water partition coefficient (Wildman–Crippen LogP) is 1.80. The summed E-state index contributed by atoms with van der Waals surface area (Å²) in [4.78, 5) is 30.1. The smallest absolute Gasteiger partial charge is 0.234 e. The van der Waals surface area contributed by atoms with E-state index in [9.17, 15) is 9.59 Å². The summed E-state index contributed by atoms with van der Waals surface area (Å²) in [6.45, 7) is 6.72. The largest absolute Gasteiger partial charge is 0.355 e. The first-order valence-corrected chi connectivity index (χ1v) is 9.15. The predicted molar refractivity (Wildman–Crippen MR) is 102 cm³/mol. The first-order chi connectivity index (χ1) is 11.7. The van der Waals surface area contributed by atoms with Gasteiger partial charge in [-0.2, -0.15) is 0 Å². The van der Waals surface area contributed by atoms with Gasteiger partial charge in [-0.3, -0.25) is 14.5 Å². The summed E-state index contributed by atoms with van der Waals surface area (Å²) in [5.74, 6) is -0.176. The van der Waals surface area contributed by atoms with Crippen LogP contribution in [0.5, 0.6) is 0 Å². The maximum atomic E-state index is 12.0. The van der Waals surface area contributed by atoms with E-state index in [1.54, 1.807) is 23.3 Å². The standard InChI is InChI=1S/C18H26N4O2S/c1-18(2,3)21-16(24)12-22(4)11-15(23)19-10-9-17-20-13-7-5-6-8-14(13)25-17/h5-8H,9-12H2,1-4H3,(H,19,23)(H,21,24). The van der Waals surface area contributed by atoms with Crippen molar-refractivity contribution in [2.24, 2.45) is 0 Å². The molecule has 0 saturated heterocycles. The van der Waals surface area contributed by atoms with Gasteiger partial charge in [-0.1, -0.05) is 12.1 Å². The number of amides is 2. The maximum absolute atomic E-state index is 12.0. The second-order valence-corrected chi connectivity index (χ2v) is 8.26. The zero-order valence-electron chi connectivity index (χ0n) is 15.3. The second-order valence-electron chi connectivity index (χ2n) is 7.15. The molecule has 2 N–H and O–H groups in total. The lowest BCUT2D eigenvalue weighted by Crippen LogP contribution is -2.46. The van der Waals surface area contributed by atoms with E-state index >= 15 is 0 Å². The number of nitrogens with one attached hydrogen (secondary N) is 2. The SMILES string of the molecule is CN(CC(=O)NCCc1nc2ccccc2s1)CC(=O)NC(C)(C)C. The lowest BCUT2D eigenvalue weighted by Gasteiger charge is -2.23. The quantitative estimate of drug-likeness (QED) is 0.788. The third kappa shape index (κ3) is 6.80. The average molecular weight is 362 g/mol. The summed E-state index contributed by atoms with van der Waals surface area (Å²) < 4.78 is 1.16. The number of nitrogens with zero attached hydrogens (tertiary/aromatic N) is 2. The van der Waals surface area contributed by atoms with Gasteiger partial charge < -0.3 is 10.6 Å². The number of thiazole rings is 1. The molecule has 25 heavy (non-hydrogen) atoms. The Morgan fingerprint density at radius 1 is 1.16 bits per heavy atom. The van der Waals surface area contributed by atoms with Crippen molar-refractivity contribution in [1.82, 2.24) is 20.5 Å². The van der Waals surface area contributed by atoms with Gasteiger partial charge in [-0.15, -0.1) is 11.3 Å². The zero-order chi connectivity index (χ0) is 18.4. The van der Waals surface area contributed by atoms with Crippen molar-refractivity contribution in [1.29, 1.82) is 0 Å². The molecule has 0 unspecified atom stereocenters. The van der Waals surface area contributed by atoms with Gasteiger partial charge in [0.15, 0.2) is 0 Å². The number of likely N-dealkylation sites (N-methyl/N-ethyl adjacent to an activating group) is 1. The molecule has 0 fully saturated rings. The molecule has 6 nitrogen and oxygen atoms in total. The lowest BCUT2D eigenvalue weighted by atomic mass is 10.1. The van der Waals surface area contributed by atoms with Crippen LogP contribution >= 0.6 is 11.3 Å². The van der Waals surface area contributed by atoms with Gasteiger partial charge in [0.1, 0.15) is 0 Å². The molecule has 0 aliphatic rings. The molecular formula is C18H26N4O2S. The fraction of sp³-hybridized carbons (Fsp3) is 0.500. The van der Waals surface area contributed by atoms with E-state index in [4.69, 9.17) is 0 Å². The first-order valence-electron chi connectivity index (χ1n) is 8.33. The Morgan fingerprint density at radius 3 is 2.52 bits per heavy atom. The van der Waals surface area contributed by atoms with Crippen LogP contribution in [0.4, 0.5) is 0 Å². The minimum atomic E-state index is -0.266. The highest BCUT2D eigenvalue weighted by atomic mass is 32.1. The van der Waals surface area contributed by atoms with E-state index in [1.165, 1.54) is 0 Å². The summed E-state index contributed by atoms with van der Waals surface area (Å²) in [5.41, 5.74) is 0.732. The van der Waals surface area contributed by atoms with Crippen LogP contribution in [0, 0.1) is 0 Å². The molecule has 0 radical (unpaired) electrons. The number of aromatic nitrogens is 1. The van der Waals surface area contributed by atoms with E-state index in [0.717, 1.165) is 15.2 Å². The van der Waals surface area contributed by atoms with Crippen LogP contribution in [0.15, 0.2) is 24.3 Å². The van der Waals surface area contributed by atoms with E-state index in [2.05, 4.69) is 15.6 Å². The Balaban J connectivity index is 1.70. The third-order valence-corrected chi connectivity index (χ3v) is 4.44. The van der Waals surface area contributed by atoms with Gasteiger partial charge in [0.05, 0.1) is 28.3 Å². The number of carbonyl (C=O) groups is 2. The molecule has 0 bridgehead atoms. The van der Waals surface area contributed by atoms with Crippen LogP contribution in [-0.4, -0.2) is 53.9 Å². The zero-order valence-corrected chi connectivity index (χ0v) is 16.1. The molecule has 0 spiro atoms. The Hall–Kier alpha value is -1.99. The van der Waals surface area contributed by atoms with Crippen LogP contribution in [0.3, 0.4) is 0 Å². The van der Waals surface area contributed by atoms with E-state index < -0.39 is 0 Å². The van der Waals surface area contributed by atoms with Crippen LogP contribution in [-0.2, 0) is 16.0 Å². The highest BCUT2D eigenvalue weighted by Crippen LogP contribution is 2.21. The fourth-order valence-electron chi connectivity index (χ4n) is 2.40. The minimum absolute atomic E-state index is 0.0859. The second kappa shape index (κ2) is 8.40. The monoisotopic (exact) mass is 362 g/mol. The molecule has 1 heterocycles. The Morgan fingerprint density at radius 2 is 1.84 bits per heavy atom. The van der Waals surface area contributed by atoms with Crippen molar-refractivity contribution in [2.75, 3.05) is 26.7 Å². The van der Waals surface area contributed by atoms with Crippen LogP contribution in [0.2, 0.25) is 0 Å². The summed E-state index contributed by atoms with van der Waals surface area (Å²) in [6.07, 6.45) is 0.708. The van der Waals surface area contributed by atoms with Crippen molar-refractivity contribution in [2.45, 2.75) is 32.7 Å². The topological polar surface area (TPSA) is 74.3 Å². The van der Waals surface area contributed by atoms with Gasteiger partial charge in [0.2, 0.25) is 11.8 Å². The molecule has 136 valence electrons. The summed E-state index contributed by atoms with van der Waals surface area (Å²) in [5, 5.41) is 6.78. The number of benzene rings is 1. The van der Waals surface area contributed by atoms with Gasteiger partial charge >= 0.3 is 0 Å². The average Bonchev–Trinajstić information content (AvgIpc) is 2.87. The van der Waals surface area contributed by atoms with Crippen molar-refractivity contribution in [3.8, 4) is 0 Å². The highest BCUT2D eigenvalue weighted by molar-refractivity contribution is 7.18. The van der Waals surface area contributed by atoms with E-state index in [-0.39, 0.29) is 30.4 Å². The van der Waals surface area contributed by atoms with Crippen LogP contribution in [0.1, 0.15) is 25.8 Å². The number of fused-ring (bicyclic) bond motifs is 1. The number of hydrogen-bond acceptors (Lipinski definition) is 5.